The number of hydrogen-bond donors (Lipinski definition) is 2. The summed E-state index contributed by atoms with van der Waals surface area (Å²) >= 11 is 0. The lowest BCUT2D eigenvalue weighted by atomic mass is 10.0. The Morgan fingerprint density at radius 3 is 2.47 bits per heavy atom. The number of nitriles is 1. The average Bonchev–Trinajstić information content (AvgIpc) is 2.36. The molecule has 19 heavy (non-hydrogen) atoms. The fourth-order valence-corrected chi connectivity index (χ4v) is 1.70. The summed E-state index contributed by atoms with van der Waals surface area (Å²) in [6.07, 6.45) is 0.490. The van der Waals surface area contributed by atoms with Gasteiger partial charge in [0, 0.05) is 19.4 Å². The Morgan fingerprint density at radius 1 is 1.32 bits per heavy atom. The molecule has 3 N–H and O–H groups in total. The van der Waals surface area contributed by atoms with Crippen molar-refractivity contribution < 1.29 is 9.59 Å². The zero-order valence-corrected chi connectivity index (χ0v) is 10.8. The average molecular weight is 259 g/mol. The smallest absolute Gasteiger partial charge is 0.220 e. The fourth-order valence-electron chi connectivity index (χ4n) is 1.70. The molecule has 0 aliphatic heterocycles. The molecule has 5 nitrogen and oxygen atoms in total. The molecular weight excluding hydrogens is 242 g/mol. The lowest BCUT2D eigenvalue weighted by Crippen LogP contribution is -2.26. The molecule has 1 aromatic carbocycles. The summed E-state index contributed by atoms with van der Waals surface area (Å²) in [5.41, 5.74) is 6.58. The zero-order chi connectivity index (χ0) is 14.3. The van der Waals surface area contributed by atoms with Crippen LogP contribution >= 0.6 is 0 Å². The number of primary amides is 1. The van der Waals surface area contributed by atoms with E-state index in [-0.39, 0.29) is 24.7 Å². The van der Waals surface area contributed by atoms with Crippen LogP contribution in [0.1, 0.15) is 30.9 Å². The minimum atomic E-state index is -0.396. The van der Waals surface area contributed by atoms with E-state index in [2.05, 4.69) is 5.32 Å². The molecule has 0 heterocycles. The predicted molar refractivity (Wildman–Crippen MR) is 70.6 cm³/mol. The van der Waals surface area contributed by atoms with Crippen molar-refractivity contribution in [3.8, 4) is 6.07 Å². The highest BCUT2D eigenvalue weighted by Gasteiger charge is 2.11. The maximum Gasteiger partial charge on any atom is 0.220 e. The van der Waals surface area contributed by atoms with E-state index >= 15 is 0 Å². The number of nitrogens with zero attached hydrogens (tertiary/aromatic N) is 1. The number of benzene rings is 1. The number of nitrogens with two attached hydrogens (primary N) is 1. The Morgan fingerprint density at radius 2 is 1.95 bits per heavy atom. The number of nitrogens with one attached hydrogen (secondary N) is 1. The summed E-state index contributed by atoms with van der Waals surface area (Å²) in [4.78, 5) is 22.3. The van der Waals surface area contributed by atoms with Gasteiger partial charge in [-0.15, -0.1) is 0 Å². The second kappa shape index (κ2) is 7.17. The molecular formula is C14H17N3O2. The van der Waals surface area contributed by atoms with Crippen LogP contribution in [0.3, 0.4) is 0 Å². The van der Waals surface area contributed by atoms with Gasteiger partial charge in [0.25, 0.3) is 0 Å². The summed E-state index contributed by atoms with van der Waals surface area (Å²) in [6.45, 7) is 2.22. The number of carbonyl (C=O) groups is 2. The van der Waals surface area contributed by atoms with Crippen LogP contribution < -0.4 is 11.1 Å². The largest absolute Gasteiger partial charge is 0.370 e. The molecule has 1 rings (SSSR count). The van der Waals surface area contributed by atoms with Crippen LogP contribution in [-0.2, 0) is 16.1 Å². The molecule has 0 fully saturated rings. The SMILES string of the molecule is CC(CC(N)=O)CC(=O)NCc1ccc(C#N)cc1. The predicted octanol–water partition coefficient (Wildman–Crippen LogP) is 1.08. The Labute approximate surface area is 112 Å². The van der Waals surface area contributed by atoms with Crippen molar-refractivity contribution in [2.75, 3.05) is 0 Å². The Hall–Kier alpha value is -2.35. The molecule has 0 bridgehead atoms. The van der Waals surface area contributed by atoms with E-state index in [9.17, 15) is 9.59 Å². The number of carbonyl (C=O) groups excluding carboxylic acids is 2. The lowest BCUT2D eigenvalue weighted by Gasteiger charge is -2.09. The van der Waals surface area contributed by atoms with E-state index in [1.807, 2.05) is 13.0 Å². The molecule has 2 amide bonds. The van der Waals surface area contributed by atoms with Crippen molar-refractivity contribution in [2.45, 2.75) is 26.3 Å². The van der Waals surface area contributed by atoms with E-state index in [0.29, 0.717) is 12.1 Å². The molecule has 0 aromatic heterocycles. The highest BCUT2D eigenvalue weighted by molar-refractivity contribution is 5.78. The topological polar surface area (TPSA) is 96.0 Å². The standard InChI is InChI=1S/C14H17N3O2/c1-10(6-13(16)18)7-14(19)17-9-12-4-2-11(8-15)3-5-12/h2-5,10H,6-7,9H2,1H3,(H2,16,18)(H,17,19). The number of rotatable bonds is 6. The third kappa shape index (κ3) is 5.68. The van der Waals surface area contributed by atoms with Crippen molar-refractivity contribution in [3.05, 3.63) is 35.4 Å². The molecule has 0 radical (unpaired) electrons. The van der Waals surface area contributed by atoms with Crippen LogP contribution in [0.4, 0.5) is 0 Å². The highest BCUT2D eigenvalue weighted by atomic mass is 16.2. The Balaban J connectivity index is 2.37. The van der Waals surface area contributed by atoms with Crippen molar-refractivity contribution >= 4 is 11.8 Å². The van der Waals surface area contributed by atoms with E-state index < -0.39 is 5.91 Å². The van der Waals surface area contributed by atoms with Gasteiger partial charge in [0.05, 0.1) is 11.6 Å². The van der Waals surface area contributed by atoms with Crippen molar-refractivity contribution in [3.63, 3.8) is 0 Å². The molecule has 0 aliphatic carbocycles. The molecule has 0 aliphatic rings. The Bertz CT molecular complexity index is 488. The van der Waals surface area contributed by atoms with Crippen LogP contribution in [0.2, 0.25) is 0 Å². The molecule has 1 unspecified atom stereocenters. The second-order valence-electron chi connectivity index (χ2n) is 4.57. The van der Waals surface area contributed by atoms with Crippen LogP contribution in [0.15, 0.2) is 24.3 Å². The molecule has 100 valence electrons. The van der Waals surface area contributed by atoms with Crippen LogP contribution in [0.5, 0.6) is 0 Å². The van der Waals surface area contributed by atoms with Gasteiger partial charge in [0.2, 0.25) is 11.8 Å². The van der Waals surface area contributed by atoms with Gasteiger partial charge >= 0.3 is 0 Å². The van der Waals surface area contributed by atoms with Gasteiger partial charge in [-0.25, -0.2) is 0 Å². The van der Waals surface area contributed by atoms with Crippen LogP contribution in [-0.4, -0.2) is 11.8 Å². The third-order valence-corrected chi connectivity index (χ3v) is 2.66. The van der Waals surface area contributed by atoms with Crippen LogP contribution in [0, 0.1) is 17.2 Å². The van der Waals surface area contributed by atoms with Crippen molar-refractivity contribution in [1.29, 1.82) is 5.26 Å². The monoisotopic (exact) mass is 259 g/mol. The fraction of sp³-hybridized carbons (Fsp3) is 0.357. The first-order valence-corrected chi connectivity index (χ1v) is 6.05. The number of amides is 2. The van der Waals surface area contributed by atoms with Gasteiger partial charge in [-0.05, 0) is 23.6 Å². The van der Waals surface area contributed by atoms with E-state index in [1.165, 1.54) is 0 Å². The maximum absolute atomic E-state index is 11.6. The van der Waals surface area contributed by atoms with Gasteiger partial charge < -0.3 is 11.1 Å². The van der Waals surface area contributed by atoms with E-state index in [0.717, 1.165) is 5.56 Å². The summed E-state index contributed by atoms with van der Waals surface area (Å²) in [5, 5.41) is 11.4. The van der Waals surface area contributed by atoms with Crippen molar-refractivity contribution in [2.24, 2.45) is 11.7 Å². The Kier molecular flexibility index (Phi) is 5.55. The third-order valence-electron chi connectivity index (χ3n) is 2.66. The normalized spacial score (nSPS) is 11.4. The molecule has 1 aromatic rings. The first-order valence-electron chi connectivity index (χ1n) is 6.05. The quantitative estimate of drug-likeness (QED) is 0.800. The summed E-state index contributed by atoms with van der Waals surface area (Å²) in [6, 6.07) is 9.04. The first kappa shape index (κ1) is 14.7. The van der Waals surface area contributed by atoms with Gasteiger partial charge in [0.1, 0.15) is 0 Å². The van der Waals surface area contributed by atoms with Crippen molar-refractivity contribution in [1.82, 2.24) is 5.32 Å². The van der Waals surface area contributed by atoms with Crippen LogP contribution in [0.25, 0.3) is 0 Å². The minimum absolute atomic E-state index is 0.0570. The molecule has 0 spiro atoms. The second-order valence-corrected chi connectivity index (χ2v) is 4.57. The highest BCUT2D eigenvalue weighted by Crippen LogP contribution is 2.07. The van der Waals surface area contributed by atoms with E-state index in [4.69, 9.17) is 11.0 Å². The first-order chi connectivity index (χ1) is 9.01. The maximum atomic E-state index is 11.6. The summed E-state index contributed by atoms with van der Waals surface area (Å²) in [5.74, 6) is -0.566. The number of hydrogen-bond acceptors (Lipinski definition) is 3. The molecule has 5 heteroatoms. The van der Waals surface area contributed by atoms with Gasteiger partial charge in [-0.1, -0.05) is 19.1 Å². The zero-order valence-electron chi connectivity index (χ0n) is 10.8. The molecule has 0 saturated carbocycles. The summed E-state index contributed by atoms with van der Waals surface area (Å²) in [7, 11) is 0. The van der Waals surface area contributed by atoms with Gasteiger partial charge in [-0.2, -0.15) is 5.26 Å². The molecule has 0 saturated heterocycles. The van der Waals surface area contributed by atoms with Gasteiger partial charge in [0.15, 0.2) is 0 Å². The van der Waals surface area contributed by atoms with E-state index in [1.54, 1.807) is 24.3 Å². The summed E-state index contributed by atoms with van der Waals surface area (Å²) < 4.78 is 0. The molecule has 1 atom stereocenters. The minimum Gasteiger partial charge on any atom is -0.370 e. The lowest BCUT2D eigenvalue weighted by molar-refractivity contribution is -0.122. The van der Waals surface area contributed by atoms with Gasteiger partial charge in [-0.3, -0.25) is 9.59 Å².